The number of hydrogen-bond donors (Lipinski definition) is 1. The van der Waals surface area contributed by atoms with Crippen molar-refractivity contribution in [1.29, 1.82) is 5.26 Å². The van der Waals surface area contributed by atoms with E-state index in [9.17, 15) is 18.0 Å². The van der Waals surface area contributed by atoms with E-state index in [1.807, 2.05) is 6.07 Å². The van der Waals surface area contributed by atoms with Gasteiger partial charge in [0, 0.05) is 6.54 Å². The van der Waals surface area contributed by atoms with Gasteiger partial charge < -0.3 is 10.2 Å². The smallest absolute Gasteiger partial charge is 0.244 e. The molecular formula is C16H16ClN3O4S. The molecule has 2 fully saturated rings. The molecule has 0 spiro atoms. The van der Waals surface area contributed by atoms with E-state index in [0.29, 0.717) is 19.3 Å². The summed E-state index contributed by atoms with van der Waals surface area (Å²) in [5, 5.41) is 10.9. The van der Waals surface area contributed by atoms with Crippen molar-refractivity contribution in [3.8, 4) is 6.07 Å². The molecule has 1 aliphatic heterocycles. The monoisotopic (exact) mass is 381 g/mol. The van der Waals surface area contributed by atoms with Gasteiger partial charge in [-0.3, -0.25) is 9.59 Å². The molecule has 0 aromatic heterocycles. The molecule has 2 aliphatic rings. The molecule has 2 atom stereocenters. The van der Waals surface area contributed by atoms with E-state index in [2.05, 4.69) is 5.32 Å². The molecule has 1 aromatic rings. The van der Waals surface area contributed by atoms with E-state index >= 15 is 0 Å². The lowest BCUT2D eigenvalue weighted by molar-refractivity contribution is -0.131. The minimum absolute atomic E-state index is 0.00994. The first-order valence-electron chi connectivity index (χ1n) is 7.76. The predicted octanol–water partition coefficient (Wildman–Crippen LogP) is 0.885. The number of carbonyl (C=O) groups excluding carboxylic acids is 2. The van der Waals surface area contributed by atoms with Crippen LogP contribution in [0.2, 0.25) is 5.02 Å². The number of sulfone groups is 1. The van der Waals surface area contributed by atoms with Crippen LogP contribution in [0.1, 0.15) is 19.3 Å². The number of halogens is 1. The van der Waals surface area contributed by atoms with Gasteiger partial charge in [0.1, 0.15) is 11.6 Å². The van der Waals surface area contributed by atoms with Crippen molar-refractivity contribution in [2.45, 2.75) is 41.0 Å². The highest BCUT2D eigenvalue weighted by atomic mass is 35.5. The van der Waals surface area contributed by atoms with Gasteiger partial charge in [0.15, 0.2) is 9.84 Å². The van der Waals surface area contributed by atoms with Crippen LogP contribution in [0.5, 0.6) is 0 Å². The van der Waals surface area contributed by atoms with E-state index in [1.165, 1.54) is 17.0 Å². The number of benzene rings is 1. The van der Waals surface area contributed by atoms with Gasteiger partial charge in [-0.05, 0) is 31.4 Å². The Morgan fingerprint density at radius 1 is 1.40 bits per heavy atom. The quantitative estimate of drug-likeness (QED) is 0.762. The lowest BCUT2D eigenvalue weighted by atomic mass is 10.2. The van der Waals surface area contributed by atoms with Gasteiger partial charge in [0.05, 0.1) is 21.2 Å². The molecule has 2 amide bonds. The summed E-state index contributed by atoms with van der Waals surface area (Å²) in [5.74, 6) is -0.497. The van der Waals surface area contributed by atoms with Crippen LogP contribution in [0, 0.1) is 11.3 Å². The van der Waals surface area contributed by atoms with Crippen LogP contribution < -0.4 is 5.32 Å². The maximum atomic E-state index is 12.8. The number of amides is 2. The van der Waals surface area contributed by atoms with Gasteiger partial charge in [-0.1, -0.05) is 23.7 Å². The molecular weight excluding hydrogens is 366 g/mol. The first kappa shape index (κ1) is 17.7. The first-order valence-corrected chi connectivity index (χ1v) is 9.68. The standard InChI is InChI=1S/C16H16ClN3O4S/c17-12-3-1-2-4-14(12)25(23,24)11-7-13(20(8-11)10-21)15(22)19-16(9-18)5-6-16/h1-4,10-11,13H,5-8H2,(H,19,22)/t11-,13+/m1/s1. The van der Waals surface area contributed by atoms with E-state index < -0.39 is 32.6 Å². The summed E-state index contributed by atoms with van der Waals surface area (Å²) in [6, 6.07) is 7.21. The van der Waals surface area contributed by atoms with Crippen LogP contribution in [0.25, 0.3) is 0 Å². The number of likely N-dealkylation sites (tertiary alicyclic amines) is 1. The second-order valence-electron chi connectivity index (χ2n) is 6.33. The molecule has 1 saturated carbocycles. The Bertz CT molecular complexity index is 860. The van der Waals surface area contributed by atoms with Gasteiger partial charge in [-0.25, -0.2) is 8.42 Å². The molecule has 1 saturated heterocycles. The Balaban J connectivity index is 1.82. The fourth-order valence-corrected chi connectivity index (χ4v) is 5.21. The van der Waals surface area contributed by atoms with Crippen LogP contribution in [0.15, 0.2) is 29.2 Å². The van der Waals surface area contributed by atoms with E-state index in [4.69, 9.17) is 16.9 Å². The van der Waals surface area contributed by atoms with Gasteiger partial charge in [0.25, 0.3) is 0 Å². The van der Waals surface area contributed by atoms with E-state index in [-0.39, 0.29) is 22.9 Å². The molecule has 0 bridgehead atoms. The summed E-state index contributed by atoms with van der Waals surface area (Å²) in [4.78, 5) is 24.9. The van der Waals surface area contributed by atoms with Crippen molar-refractivity contribution >= 4 is 33.8 Å². The average molecular weight is 382 g/mol. The summed E-state index contributed by atoms with van der Waals surface area (Å²) in [5.41, 5.74) is -0.870. The molecule has 3 rings (SSSR count). The molecule has 0 unspecified atom stereocenters. The van der Waals surface area contributed by atoms with Gasteiger partial charge in [-0.2, -0.15) is 5.26 Å². The summed E-state index contributed by atoms with van der Waals surface area (Å²) in [7, 11) is -3.79. The Hall–Kier alpha value is -2.11. The summed E-state index contributed by atoms with van der Waals surface area (Å²) in [6.45, 7) is -0.0886. The minimum atomic E-state index is -3.79. The van der Waals surface area contributed by atoms with Gasteiger partial charge >= 0.3 is 0 Å². The Morgan fingerprint density at radius 3 is 2.64 bits per heavy atom. The van der Waals surface area contributed by atoms with Gasteiger partial charge in [-0.15, -0.1) is 0 Å². The minimum Gasteiger partial charge on any atom is -0.336 e. The lowest BCUT2D eigenvalue weighted by Crippen LogP contribution is -2.47. The van der Waals surface area contributed by atoms with Crippen molar-refractivity contribution < 1.29 is 18.0 Å². The fraction of sp³-hybridized carbons (Fsp3) is 0.438. The molecule has 1 N–H and O–H groups in total. The second-order valence-corrected chi connectivity index (χ2v) is 8.94. The Labute approximate surface area is 150 Å². The molecule has 25 heavy (non-hydrogen) atoms. The van der Waals surface area contributed by atoms with Crippen molar-refractivity contribution in [2.75, 3.05) is 6.54 Å². The van der Waals surface area contributed by atoms with Crippen LogP contribution in [0.3, 0.4) is 0 Å². The largest absolute Gasteiger partial charge is 0.336 e. The number of rotatable bonds is 5. The number of nitrogens with one attached hydrogen (secondary N) is 1. The maximum Gasteiger partial charge on any atom is 0.244 e. The summed E-state index contributed by atoms with van der Waals surface area (Å²) >= 11 is 5.99. The van der Waals surface area contributed by atoms with E-state index in [1.54, 1.807) is 12.1 Å². The molecule has 1 aliphatic carbocycles. The molecule has 9 heteroatoms. The van der Waals surface area contributed by atoms with Crippen LogP contribution >= 0.6 is 11.6 Å². The number of carbonyl (C=O) groups is 2. The van der Waals surface area contributed by atoms with Crippen LogP contribution in [-0.2, 0) is 19.4 Å². The topological polar surface area (TPSA) is 107 Å². The van der Waals surface area contributed by atoms with Crippen molar-refractivity contribution in [1.82, 2.24) is 10.2 Å². The molecule has 7 nitrogen and oxygen atoms in total. The normalized spacial score (nSPS) is 24.4. The van der Waals surface area contributed by atoms with Crippen molar-refractivity contribution in [2.24, 2.45) is 0 Å². The Morgan fingerprint density at radius 2 is 2.08 bits per heavy atom. The molecule has 0 radical (unpaired) electrons. The zero-order valence-corrected chi connectivity index (χ0v) is 14.8. The third-order valence-electron chi connectivity index (χ3n) is 4.65. The average Bonchev–Trinajstić information content (AvgIpc) is 3.21. The molecule has 1 heterocycles. The fourth-order valence-electron chi connectivity index (χ4n) is 2.98. The zero-order valence-electron chi connectivity index (χ0n) is 13.2. The maximum absolute atomic E-state index is 12.8. The number of nitriles is 1. The summed E-state index contributed by atoms with van der Waals surface area (Å²) in [6.07, 6.45) is 1.56. The van der Waals surface area contributed by atoms with Crippen LogP contribution in [0.4, 0.5) is 0 Å². The first-order chi connectivity index (χ1) is 11.8. The highest BCUT2D eigenvalue weighted by Crippen LogP contribution is 2.36. The second kappa shape index (κ2) is 6.32. The van der Waals surface area contributed by atoms with Crippen molar-refractivity contribution in [3.05, 3.63) is 29.3 Å². The third kappa shape index (κ3) is 3.22. The SMILES string of the molecule is N#CC1(NC(=O)[C@@H]2C[C@@H](S(=O)(=O)c3ccccc3Cl)CN2C=O)CC1. The predicted molar refractivity (Wildman–Crippen MR) is 89.3 cm³/mol. The lowest BCUT2D eigenvalue weighted by Gasteiger charge is -2.20. The summed E-state index contributed by atoms with van der Waals surface area (Å²) < 4.78 is 25.7. The third-order valence-corrected chi connectivity index (χ3v) is 7.28. The highest BCUT2D eigenvalue weighted by Gasteiger charge is 2.49. The van der Waals surface area contributed by atoms with Crippen LogP contribution in [-0.4, -0.2) is 49.0 Å². The molecule has 1 aromatic carbocycles. The Kier molecular flexibility index (Phi) is 4.47. The highest BCUT2D eigenvalue weighted by molar-refractivity contribution is 7.92. The number of nitrogens with zero attached hydrogens (tertiary/aromatic N) is 2. The molecule has 132 valence electrons. The van der Waals surface area contributed by atoms with E-state index in [0.717, 1.165) is 0 Å². The van der Waals surface area contributed by atoms with Crippen molar-refractivity contribution in [3.63, 3.8) is 0 Å². The number of hydrogen-bond acceptors (Lipinski definition) is 5. The van der Waals surface area contributed by atoms with Gasteiger partial charge in [0.2, 0.25) is 12.3 Å². The zero-order chi connectivity index (χ0) is 18.2.